The Bertz CT molecular complexity index is 445. The van der Waals surface area contributed by atoms with Gasteiger partial charge in [-0.1, -0.05) is 11.6 Å². The molecule has 1 aliphatic heterocycles. The lowest BCUT2D eigenvalue weighted by atomic mass is 10.1. The molecular formula is C13H17ClN2O2. The number of aromatic hydroxyl groups is 1. The van der Waals surface area contributed by atoms with Gasteiger partial charge < -0.3 is 15.3 Å². The number of halogens is 1. The van der Waals surface area contributed by atoms with Crippen LogP contribution in [-0.4, -0.2) is 42.1 Å². The summed E-state index contributed by atoms with van der Waals surface area (Å²) in [6.07, 6.45) is 2.27. The molecule has 2 N–H and O–H groups in total. The van der Waals surface area contributed by atoms with E-state index in [0.29, 0.717) is 18.2 Å². The van der Waals surface area contributed by atoms with E-state index in [1.54, 1.807) is 18.0 Å². The minimum atomic E-state index is -0.0781. The van der Waals surface area contributed by atoms with Crippen LogP contribution in [0.1, 0.15) is 23.2 Å². The lowest BCUT2D eigenvalue weighted by Gasteiger charge is -2.21. The van der Waals surface area contributed by atoms with Crippen molar-refractivity contribution in [3.63, 3.8) is 0 Å². The van der Waals surface area contributed by atoms with Gasteiger partial charge in [-0.25, -0.2) is 0 Å². The zero-order valence-corrected chi connectivity index (χ0v) is 11.1. The molecule has 0 saturated carbocycles. The van der Waals surface area contributed by atoms with E-state index in [-0.39, 0.29) is 16.7 Å². The van der Waals surface area contributed by atoms with Crippen LogP contribution in [0.15, 0.2) is 18.2 Å². The number of rotatable bonds is 3. The molecule has 5 heteroatoms. The van der Waals surface area contributed by atoms with Crippen molar-refractivity contribution < 1.29 is 9.90 Å². The van der Waals surface area contributed by atoms with E-state index in [9.17, 15) is 9.90 Å². The second kappa shape index (κ2) is 5.59. The molecule has 1 unspecified atom stereocenters. The van der Waals surface area contributed by atoms with Crippen molar-refractivity contribution >= 4 is 17.5 Å². The maximum atomic E-state index is 12.2. The van der Waals surface area contributed by atoms with Crippen molar-refractivity contribution in [1.82, 2.24) is 10.2 Å². The van der Waals surface area contributed by atoms with Gasteiger partial charge in [-0.2, -0.15) is 0 Å². The summed E-state index contributed by atoms with van der Waals surface area (Å²) >= 11 is 5.80. The van der Waals surface area contributed by atoms with Crippen LogP contribution in [-0.2, 0) is 0 Å². The van der Waals surface area contributed by atoms with Crippen LogP contribution < -0.4 is 5.32 Å². The maximum Gasteiger partial charge on any atom is 0.253 e. The Morgan fingerprint density at radius 2 is 2.39 bits per heavy atom. The summed E-state index contributed by atoms with van der Waals surface area (Å²) in [6.45, 7) is 1.72. The lowest BCUT2D eigenvalue weighted by molar-refractivity contribution is 0.0784. The second-order valence-electron chi connectivity index (χ2n) is 4.65. The molecular weight excluding hydrogens is 252 g/mol. The summed E-state index contributed by atoms with van der Waals surface area (Å²) in [5.74, 6) is -0.0843. The number of carbonyl (C=O) groups is 1. The Labute approximate surface area is 112 Å². The standard InChI is InChI=1S/C13H17ClN2O2/c1-16(8-10-3-2-6-15-10)13(18)9-4-5-12(17)11(14)7-9/h4-5,7,10,15,17H,2-3,6,8H2,1H3. The van der Waals surface area contributed by atoms with Gasteiger partial charge in [0.1, 0.15) is 5.75 Å². The monoisotopic (exact) mass is 268 g/mol. The van der Waals surface area contributed by atoms with Gasteiger partial charge in [-0.05, 0) is 37.6 Å². The quantitative estimate of drug-likeness (QED) is 0.880. The van der Waals surface area contributed by atoms with E-state index >= 15 is 0 Å². The average molecular weight is 269 g/mol. The number of hydrogen-bond donors (Lipinski definition) is 2. The summed E-state index contributed by atoms with van der Waals surface area (Å²) < 4.78 is 0. The van der Waals surface area contributed by atoms with Gasteiger partial charge in [-0.15, -0.1) is 0 Å². The van der Waals surface area contributed by atoms with Gasteiger partial charge in [0.25, 0.3) is 5.91 Å². The summed E-state index contributed by atoms with van der Waals surface area (Å²) in [5, 5.41) is 12.9. The van der Waals surface area contributed by atoms with Crippen LogP contribution >= 0.6 is 11.6 Å². The smallest absolute Gasteiger partial charge is 0.253 e. The number of benzene rings is 1. The SMILES string of the molecule is CN(CC1CCCN1)C(=O)c1ccc(O)c(Cl)c1. The Morgan fingerprint density at radius 1 is 1.61 bits per heavy atom. The van der Waals surface area contributed by atoms with Crippen LogP contribution in [0.3, 0.4) is 0 Å². The first-order valence-electron chi connectivity index (χ1n) is 6.05. The minimum Gasteiger partial charge on any atom is -0.506 e. The third-order valence-electron chi connectivity index (χ3n) is 3.20. The highest BCUT2D eigenvalue weighted by Crippen LogP contribution is 2.24. The number of phenolic OH excluding ortho intramolecular Hbond substituents is 1. The molecule has 1 amide bonds. The second-order valence-corrected chi connectivity index (χ2v) is 5.05. The highest BCUT2D eigenvalue weighted by atomic mass is 35.5. The third kappa shape index (κ3) is 2.94. The molecule has 1 aromatic carbocycles. The number of nitrogens with one attached hydrogen (secondary N) is 1. The minimum absolute atomic E-state index is 0.00618. The molecule has 2 rings (SSSR count). The number of hydrogen-bond acceptors (Lipinski definition) is 3. The van der Waals surface area contributed by atoms with Gasteiger partial charge in [-0.3, -0.25) is 4.79 Å². The molecule has 18 heavy (non-hydrogen) atoms. The first-order valence-corrected chi connectivity index (χ1v) is 6.43. The third-order valence-corrected chi connectivity index (χ3v) is 3.50. The largest absolute Gasteiger partial charge is 0.506 e. The van der Waals surface area contributed by atoms with E-state index < -0.39 is 0 Å². The molecule has 0 bridgehead atoms. The zero-order valence-electron chi connectivity index (χ0n) is 10.3. The Kier molecular flexibility index (Phi) is 4.09. The predicted octanol–water partition coefficient (Wildman–Crippen LogP) is 1.87. The van der Waals surface area contributed by atoms with Gasteiger partial charge in [0.2, 0.25) is 0 Å². The summed E-state index contributed by atoms with van der Waals surface area (Å²) in [6, 6.07) is 4.91. The van der Waals surface area contributed by atoms with Crippen molar-refractivity contribution in [1.29, 1.82) is 0 Å². The zero-order chi connectivity index (χ0) is 13.1. The Hall–Kier alpha value is -1.26. The topological polar surface area (TPSA) is 52.6 Å². The van der Waals surface area contributed by atoms with Gasteiger partial charge >= 0.3 is 0 Å². The van der Waals surface area contributed by atoms with Crippen LogP contribution in [0.4, 0.5) is 0 Å². The van der Waals surface area contributed by atoms with Crippen molar-refractivity contribution in [2.45, 2.75) is 18.9 Å². The molecule has 1 aliphatic rings. The molecule has 0 aliphatic carbocycles. The molecule has 1 fully saturated rings. The molecule has 98 valence electrons. The molecule has 0 spiro atoms. The van der Waals surface area contributed by atoms with E-state index in [1.807, 2.05) is 0 Å². The highest BCUT2D eigenvalue weighted by molar-refractivity contribution is 6.32. The lowest BCUT2D eigenvalue weighted by Crippen LogP contribution is -2.38. The molecule has 1 atom stereocenters. The normalized spacial score (nSPS) is 18.9. The number of phenols is 1. The molecule has 1 saturated heterocycles. The van der Waals surface area contributed by atoms with Crippen LogP contribution in [0.25, 0.3) is 0 Å². The number of likely N-dealkylation sites (N-methyl/N-ethyl adjacent to an activating group) is 1. The van der Waals surface area contributed by atoms with Crippen molar-refractivity contribution in [3.05, 3.63) is 28.8 Å². The summed E-state index contributed by atoms with van der Waals surface area (Å²) in [5.41, 5.74) is 0.498. The van der Waals surface area contributed by atoms with Crippen molar-refractivity contribution in [3.8, 4) is 5.75 Å². The summed E-state index contributed by atoms with van der Waals surface area (Å²) in [4.78, 5) is 13.8. The van der Waals surface area contributed by atoms with E-state index in [1.165, 1.54) is 12.1 Å². The van der Waals surface area contributed by atoms with Crippen LogP contribution in [0.5, 0.6) is 5.75 Å². The number of amides is 1. The molecule has 0 aromatic heterocycles. The fraction of sp³-hybridized carbons (Fsp3) is 0.462. The fourth-order valence-corrected chi connectivity index (χ4v) is 2.37. The van der Waals surface area contributed by atoms with Gasteiger partial charge in [0, 0.05) is 25.2 Å². The Balaban J connectivity index is 2.02. The number of carbonyl (C=O) groups excluding carboxylic acids is 1. The van der Waals surface area contributed by atoms with E-state index in [4.69, 9.17) is 11.6 Å². The van der Waals surface area contributed by atoms with Gasteiger partial charge in [0.15, 0.2) is 0 Å². The fourth-order valence-electron chi connectivity index (χ4n) is 2.19. The van der Waals surface area contributed by atoms with Crippen LogP contribution in [0, 0.1) is 0 Å². The Morgan fingerprint density at radius 3 is 3.00 bits per heavy atom. The van der Waals surface area contributed by atoms with Crippen LogP contribution in [0.2, 0.25) is 5.02 Å². The average Bonchev–Trinajstić information content (AvgIpc) is 2.84. The summed E-state index contributed by atoms with van der Waals surface area (Å²) in [7, 11) is 1.78. The first-order chi connectivity index (χ1) is 8.58. The molecule has 4 nitrogen and oxygen atoms in total. The van der Waals surface area contributed by atoms with E-state index in [0.717, 1.165) is 19.4 Å². The predicted molar refractivity (Wildman–Crippen MR) is 71.1 cm³/mol. The van der Waals surface area contributed by atoms with Crippen molar-refractivity contribution in [2.75, 3.05) is 20.1 Å². The van der Waals surface area contributed by atoms with Gasteiger partial charge in [0.05, 0.1) is 5.02 Å². The highest BCUT2D eigenvalue weighted by Gasteiger charge is 2.20. The maximum absolute atomic E-state index is 12.2. The molecule has 0 radical (unpaired) electrons. The molecule has 1 aromatic rings. The first kappa shape index (κ1) is 13.2. The number of nitrogens with zero attached hydrogens (tertiary/aromatic N) is 1. The molecule has 1 heterocycles. The van der Waals surface area contributed by atoms with E-state index in [2.05, 4.69) is 5.32 Å². The van der Waals surface area contributed by atoms with Crippen molar-refractivity contribution in [2.24, 2.45) is 0 Å².